The quantitative estimate of drug-likeness (QED) is 0.205. The minimum Gasteiger partial charge on any atom is -0.490 e. The molecule has 0 bridgehead atoms. The lowest BCUT2D eigenvalue weighted by Gasteiger charge is -2.36. The maximum Gasteiger partial charge on any atom is 0.321 e. The van der Waals surface area contributed by atoms with E-state index in [0.717, 1.165) is 61.4 Å². The molecule has 0 unspecified atom stereocenters. The van der Waals surface area contributed by atoms with Crippen molar-refractivity contribution in [3.05, 3.63) is 66.2 Å². The van der Waals surface area contributed by atoms with Crippen molar-refractivity contribution in [3.63, 3.8) is 0 Å². The molecule has 4 N–H and O–H groups in total. The van der Waals surface area contributed by atoms with E-state index in [1.807, 2.05) is 56.3 Å². The lowest BCUT2D eigenvalue weighted by Crippen LogP contribution is -2.48. The van der Waals surface area contributed by atoms with E-state index in [2.05, 4.69) is 16.0 Å². The normalized spacial score (nSPS) is 21.5. The van der Waals surface area contributed by atoms with Crippen LogP contribution < -0.4 is 20.7 Å². The summed E-state index contributed by atoms with van der Waals surface area (Å²) in [7, 11) is 1.75. The van der Waals surface area contributed by atoms with Crippen molar-refractivity contribution in [2.75, 3.05) is 44.0 Å². The molecule has 11 nitrogen and oxygen atoms in total. The average Bonchev–Trinajstić information content (AvgIpc) is 3.13. The van der Waals surface area contributed by atoms with Crippen LogP contribution in [0.1, 0.15) is 82.5 Å². The number of carbonyl (C=O) groups excluding carboxylic acids is 3. The number of anilines is 2. The zero-order valence-electron chi connectivity index (χ0n) is 30.5. The number of hydrogen-bond donors (Lipinski definition) is 4. The van der Waals surface area contributed by atoms with Crippen molar-refractivity contribution < 1.29 is 29.0 Å². The summed E-state index contributed by atoms with van der Waals surface area (Å²) in [6.45, 7) is 6.60. The van der Waals surface area contributed by atoms with Crippen molar-refractivity contribution >= 4 is 40.1 Å². The number of amides is 5. The number of nitrogens with zero attached hydrogens (tertiary/aromatic N) is 2. The Hall–Kier alpha value is -4.35. The van der Waals surface area contributed by atoms with E-state index in [4.69, 9.17) is 9.47 Å². The lowest BCUT2D eigenvalue weighted by molar-refractivity contribution is -0.0115. The molecule has 276 valence electrons. The molecule has 1 fully saturated rings. The Bertz CT molecular complexity index is 1620. The number of rotatable bonds is 7. The highest BCUT2D eigenvalue weighted by molar-refractivity contribution is 6.01. The summed E-state index contributed by atoms with van der Waals surface area (Å²) in [5.41, 5.74) is 1.53. The van der Waals surface area contributed by atoms with Gasteiger partial charge in [0.1, 0.15) is 5.75 Å². The fraction of sp³-hybridized carbons (Fsp3) is 0.525. The second-order valence-electron chi connectivity index (χ2n) is 14.3. The Labute approximate surface area is 302 Å². The number of nitrogens with one attached hydrogen (secondary N) is 3. The number of aliphatic hydroxyl groups is 1. The second kappa shape index (κ2) is 18.2. The number of benzene rings is 3. The third-order valence-electron chi connectivity index (χ3n) is 10.1. The number of fused-ring (bicyclic) bond motifs is 2. The maximum absolute atomic E-state index is 14.5. The Kier molecular flexibility index (Phi) is 13.5. The van der Waals surface area contributed by atoms with Crippen molar-refractivity contribution in [3.8, 4) is 5.75 Å². The highest BCUT2D eigenvalue weighted by atomic mass is 16.5. The minimum atomic E-state index is -0.516. The van der Waals surface area contributed by atoms with Gasteiger partial charge in [0.2, 0.25) is 0 Å². The number of carbonyl (C=O) groups is 3. The van der Waals surface area contributed by atoms with Gasteiger partial charge in [-0.2, -0.15) is 0 Å². The van der Waals surface area contributed by atoms with E-state index >= 15 is 0 Å². The number of hydrogen-bond acceptors (Lipinski definition) is 6. The average molecular weight is 702 g/mol. The molecule has 4 atom stereocenters. The predicted molar refractivity (Wildman–Crippen MR) is 201 cm³/mol. The molecule has 0 spiro atoms. The molecule has 0 aromatic heterocycles. The van der Waals surface area contributed by atoms with E-state index < -0.39 is 6.04 Å². The number of urea groups is 2. The topological polar surface area (TPSA) is 132 Å². The van der Waals surface area contributed by atoms with Crippen LogP contribution in [0.25, 0.3) is 10.8 Å². The molecule has 0 saturated heterocycles. The van der Waals surface area contributed by atoms with Crippen LogP contribution in [0.15, 0.2) is 60.7 Å². The molecule has 0 radical (unpaired) electrons. The van der Waals surface area contributed by atoms with Gasteiger partial charge in [-0.15, -0.1) is 0 Å². The third-order valence-corrected chi connectivity index (χ3v) is 10.1. The molecule has 1 heterocycles. The van der Waals surface area contributed by atoms with Crippen molar-refractivity contribution in [1.82, 2.24) is 15.1 Å². The zero-order chi connectivity index (χ0) is 36.3. The van der Waals surface area contributed by atoms with Gasteiger partial charge in [0.25, 0.3) is 5.91 Å². The molecule has 51 heavy (non-hydrogen) atoms. The summed E-state index contributed by atoms with van der Waals surface area (Å²) in [6.07, 6.45) is 7.19. The lowest BCUT2D eigenvalue weighted by atomic mass is 9.96. The van der Waals surface area contributed by atoms with E-state index in [0.29, 0.717) is 30.2 Å². The van der Waals surface area contributed by atoms with Crippen LogP contribution in [0.3, 0.4) is 0 Å². The van der Waals surface area contributed by atoms with E-state index in [1.54, 1.807) is 42.0 Å². The summed E-state index contributed by atoms with van der Waals surface area (Å²) in [6, 6.07) is 18.0. The SMILES string of the molecule is C[C@H]1CCCCO[C@H](CN(C)C(=O)Nc2cccc3ccccc23)[C@@H](C)CN([C@@H](C)CO)C(=O)c2cc(NC(=O)NC3CCCCC3)ccc2O1. The van der Waals surface area contributed by atoms with Gasteiger partial charge >= 0.3 is 12.1 Å². The van der Waals surface area contributed by atoms with Crippen LogP contribution in [0.5, 0.6) is 5.75 Å². The highest BCUT2D eigenvalue weighted by Crippen LogP contribution is 2.29. The molecule has 3 aromatic rings. The molecule has 2 aliphatic rings. The minimum absolute atomic E-state index is 0.141. The number of ether oxygens (including phenoxy) is 2. The number of likely N-dealkylation sites (N-methyl/N-ethyl adjacent to an activating group) is 1. The van der Waals surface area contributed by atoms with Crippen LogP contribution in [0.2, 0.25) is 0 Å². The van der Waals surface area contributed by atoms with Crippen LogP contribution in [-0.4, -0.2) is 90.5 Å². The fourth-order valence-electron chi connectivity index (χ4n) is 6.96. The molecular weight excluding hydrogens is 646 g/mol. The van der Waals surface area contributed by atoms with Gasteiger partial charge in [-0.25, -0.2) is 9.59 Å². The first-order chi connectivity index (χ1) is 24.6. The third kappa shape index (κ3) is 10.4. The molecular formula is C40H55N5O6. The maximum atomic E-state index is 14.5. The predicted octanol–water partition coefficient (Wildman–Crippen LogP) is 7.25. The highest BCUT2D eigenvalue weighted by Gasteiger charge is 2.31. The summed E-state index contributed by atoms with van der Waals surface area (Å²) in [4.78, 5) is 44.1. The first-order valence-corrected chi connectivity index (χ1v) is 18.5. The zero-order valence-corrected chi connectivity index (χ0v) is 30.5. The van der Waals surface area contributed by atoms with Crippen LogP contribution in [0.4, 0.5) is 21.0 Å². The fourth-order valence-corrected chi connectivity index (χ4v) is 6.96. The van der Waals surface area contributed by atoms with Gasteiger partial charge in [-0.05, 0) is 75.6 Å². The van der Waals surface area contributed by atoms with Crippen molar-refractivity contribution in [2.45, 2.75) is 96.4 Å². The van der Waals surface area contributed by atoms with Crippen molar-refractivity contribution in [2.24, 2.45) is 5.92 Å². The number of aliphatic hydroxyl groups excluding tert-OH is 1. The Morgan fingerprint density at radius 3 is 2.49 bits per heavy atom. The van der Waals surface area contributed by atoms with Gasteiger partial charge in [0, 0.05) is 49.8 Å². The van der Waals surface area contributed by atoms with Crippen LogP contribution >= 0.6 is 0 Å². The summed E-state index contributed by atoms with van der Waals surface area (Å²) in [5, 5.41) is 21.3. The van der Waals surface area contributed by atoms with Gasteiger partial charge in [0.15, 0.2) is 0 Å². The van der Waals surface area contributed by atoms with Gasteiger partial charge in [0.05, 0.1) is 36.1 Å². The summed E-state index contributed by atoms with van der Waals surface area (Å²) < 4.78 is 12.8. The largest absolute Gasteiger partial charge is 0.490 e. The summed E-state index contributed by atoms with van der Waals surface area (Å²) >= 11 is 0. The van der Waals surface area contributed by atoms with Gasteiger partial charge in [-0.1, -0.05) is 62.6 Å². The Morgan fingerprint density at radius 1 is 0.961 bits per heavy atom. The van der Waals surface area contributed by atoms with E-state index in [1.165, 1.54) is 6.42 Å². The molecule has 1 saturated carbocycles. The standard InChI is InChI=1S/C40H55N5O6/c1-27-24-45(28(2)26-46)38(47)34-23-32(42-39(48)41-31-16-6-5-7-17-31)20-21-36(34)51-29(3)13-10-11-22-50-37(27)25-44(4)40(49)43-35-19-12-15-30-14-8-9-18-33(30)35/h8-9,12,14-15,18-21,23,27-29,31,37,46H,5-7,10-11,13,16-17,22,24-26H2,1-4H3,(H,43,49)(H2,41,42,48)/t27-,28-,29-,37+/m0/s1. The first kappa shape index (κ1) is 37.9. The van der Waals surface area contributed by atoms with Gasteiger partial charge < -0.3 is 40.3 Å². The first-order valence-electron chi connectivity index (χ1n) is 18.5. The molecule has 5 amide bonds. The second-order valence-corrected chi connectivity index (χ2v) is 14.3. The van der Waals surface area contributed by atoms with Crippen molar-refractivity contribution in [1.29, 1.82) is 0 Å². The van der Waals surface area contributed by atoms with E-state index in [-0.39, 0.29) is 55.3 Å². The molecule has 11 heteroatoms. The molecule has 1 aliphatic heterocycles. The smallest absolute Gasteiger partial charge is 0.321 e. The van der Waals surface area contributed by atoms with Gasteiger partial charge in [-0.3, -0.25) is 4.79 Å². The molecule has 5 rings (SSSR count). The molecule has 3 aromatic carbocycles. The molecule has 1 aliphatic carbocycles. The summed E-state index contributed by atoms with van der Waals surface area (Å²) in [5.74, 6) is -0.0902. The monoisotopic (exact) mass is 701 g/mol. The van der Waals surface area contributed by atoms with Crippen LogP contribution in [-0.2, 0) is 4.74 Å². The Balaban J connectivity index is 1.35. The van der Waals surface area contributed by atoms with Crippen LogP contribution in [0, 0.1) is 5.92 Å². The Morgan fingerprint density at radius 2 is 1.71 bits per heavy atom. The van der Waals surface area contributed by atoms with E-state index in [9.17, 15) is 19.5 Å².